The summed E-state index contributed by atoms with van der Waals surface area (Å²) in [6.45, 7) is 3.40. The van der Waals surface area contributed by atoms with Gasteiger partial charge in [-0.3, -0.25) is 4.79 Å². The first kappa shape index (κ1) is 14.5. The predicted molar refractivity (Wildman–Crippen MR) is 85.3 cm³/mol. The van der Waals surface area contributed by atoms with E-state index in [0.717, 1.165) is 37.4 Å². The van der Waals surface area contributed by atoms with Gasteiger partial charge in [-0.25, -0.2) is 9.97 Å². The molecular formula is C16H19N5O. The van der Waals surface area contributed by atoms with E-state index in [1.54, 1.807) is 6.07 Å². The highest BCUT2D eigenvalue weighted by atomic mass is 16.2. The van der Waals surface area contributed by atoms with Crippen molar-refractivity contribution in [1.29, 1.82) is 0 Å². The molecule has 1 aromatic heterocycles. The van der Waals surface area contributed by atoms with E-state index in [-0.39, 0.29) is 5.91 Å². The fraction of sp³-hybridized carbons (Fsp3) is 0.312. The summed E-state index contributed by atoms with van der Waals surface area (Å²) in [6.07, 6.45) is 1.44. The number of nitrogen functional groups attached to an aromatic ring is 1. The Bertz CT molecular complexity index is 662. The van der Waals surface area contributed by atoms with Crippen molar-refractivity contribution in [2.75, 3.05) is 39.0 Å². The third kappa shape index (κ3) is 3.07. The van der Waals surface area contributed by atoms with Crippen molar-refractivity contribution in [3.8, 4) is 11.3 Å². The van der Waals surface area contributed by atoms with Gasteiger partial charge in [0.1, 0.15) is 12.1 Å². The number of piperazine rings is 1. The van der Waals surface area contributed by atoms with Crippen LogP contribution in [0.4, 0.5) is 5.82 Å². The summed E-state index contributed by atoms with van der Waals surface area (Å²) in [5.41, 5.74) is 8.05. The number of nitrogens with two attached hydrogens (primary N) is 1. The van der Waals surface area contributed by atoms with Crippen molar-refractivity contribution < 1.29 is 4.79 Å². The van der Waals surface area contributed by atoms with Crippen LogP contribution in [-0.4, -0.2) is 58.9 Å². The molecule has 0 aliphatic carbocycles. The van der Waals surface area contributed by atoms with E-state index < -0.39 is 0 Å². The van der Waals surface area contributed by atoms with Gasteiger partial charge in [0, 0.05) is 43.4 Å². The van der Waals surface area contributed by atoms with Crippen molar-refractivity contribution in [1.82, 2.24) is 19.8 Å². The molecule has 3 rings (SSSR count). The average molecular weight is 297 g/mol. The van der Waals surface area contributed by atoms with Crippen LogP contribution in [0.25, 0.3) is 11.3 Å². The lowest BCUT2D eigenvalue weighted by molar-refractivity contribution is 0.0664. The van der Waals surface area contributed by atoms with Crippen LogP contribution in [0.2, 0.25) is 0 Å². The molecule has 0 radical (unpaired) electrons. The van der Waals surface area contributed by atoms with Crippen LogP contribution in [0.1, 0.15) is 10.4 Å². The highest BCUT2D eigenvalue weighted by molar-refractivity contribution is 5.94. The quantitative estimate of drug-likeness (QED) is 0.899. The number of benzene rings is 1. The second-order valence-electron chi connectivity index (χ2n) is 5.50. The predicted octanol–water partition coefficient (Wildman–Crippen LogP) is 1.11. The fourth-order valence-electron chi connectivity index (χ4n) is 2.51. The Morgan fingerprint density at radius 3 is 2.41 bits per heavy atom. The molecule has 0 spiro atoms. The van der Waals surface area contributed by atoms with Crippen molar-refractivity contribution in [2.24, 2.45) is 0 Å². The van der Waals surface area contributed by atoms with Crippen molar-refractivity contribution >= 4 is 11.7 Å². The van der Waals surface area contributed by atoms with Gasteiger partial charge in [0.15, 0.2) is 0 Å². The van der Waals surface area contributed by atoms with Gasteiger partial charge in [0.25, 0.3) is 5.91 Å². The van der Waals surface area contributed by atoms with E-state index in [2.05, 4.69) is 21.9 Å². The molecule has 1 amide bonds. The molecule has 114 valence electrons. The Hall–Kier alpha value is -2.47. The SMILES string of the molecule is CN1CCN(C(=O)c2ccc(-c3cc(N)ncn3)cc2)CC1. The van der Waals surface area contributed by atoms with E-state index in [1.165, 1.54) is 6.33 Å². The largest absolute Gasteiger partial charge is 0.384 e. The van der Waals surface area contributed by atoms with E-state index >= 15 is 0 Å². The number of hydrogen-bond acceptors (Lipinski definition) is 5. The number of carbonyl (C=O) groups is 1. The molecule has 6 nitrogen and oxygen atoms in total. The second kappa shape index (κ2) is 6.11. The molecule has 6 heteroatoms. The molecule has 1 aliphatic heterocycles. The van der Waals surface area contributed by atoms with Crippen LogP contribution in [0, 0.1) is 0 Å². The van der Waals surface area contributed by atoms with Gasteiger partial charge < -0.3 is 15.5 Å². The van der Waals surface area contributed by atoms with Gasteiger partial charge in [0.2, 0.25) is 0 Å². The number of anilines is 1. The molecule has 1 aromatic carbocycles. The molecule has 0 bridgehead atoms. The highest BCUT2D eigenvalue weighted by Gasteiger charge is 2.20. The van der Waals surface area contributed by atoms with Gasteiger partial charge >= 0.3 is 0 Å². The molecular weight excluding hydrogens is 278 g/mol. The molecule has 1 fully saturated rings. The summed E-state index contributed by atoms with van der Waals surface area (Å²) >= 11 is 0. The highest BCUT2D eigenvalue weighted by Crippen LogP contribution is 2.19. The van der Waals surface area contributed by atoms with Crippen LogP contribution in [0.15, 0.2) is 36.7 Å². The van der Waals surface area contributed by atoms with E-state index in [9.17, 15) is 4.79 Å². The maximum atomic E-state index is 12.5. The van der Waals surface area contributed by atoms with Crippen LogP contribution in [-0.2, 0) is 0 Å². The molecule has 0 atom stereocenters. The first-order chi connectivity index (χ1) is 10.6. The van der Waals surface area contributed by atoms with Crippen molar-refractivity contribution in [2.45, 2.75) is 0 Å². The molecule has 0 unspecified atom stereocenters. The zero-order chi connectivity index (χ0) is 15.5. The molecule has 2 heterocycles. The molecule has 22 heavy (non-hydrogen) atoms. The normalized spacial score (nSPS) is 15.8. The van der Waals surface area contributed by atoms with Gasteiger partial charge in [-0.15, -0.1) is 0 Å². The lowest BCUT2D eigenvalue weighted by Gasteiger charge is -2.32. The van der Waals surface area contributed by atoms with Gasteiger partial charge in [0.05, 0.1) is 5.69 Å². The number of carbonyl (C=O) groups excluding carboxylic acids is 1. The summed E-state index contributed by atoms with van der Waals surface area (Å²) in [7, 11) is 2.07. The zero-order valence-corrected chi connectivity index (χ0v) is 12.6. The summed E-state index contributed by atoms with van der Waals surface area (Å²) < 4.78 is 0. The summed E-state index contributed by atoms with van der Waals surface area (Å²) in [4.78, 5) is 24.7. The number of likely N-dealkylation sites (N-methyl/N-ethyl adjacent to an activating group) is 1. The molecule has 2 N–H and O–H groups in total. The number of rotatable bonds is 2. The molecule has 0 saturated carbocycles. The maximum Gasteiger partial charge on any atom is 0.253 e. The minimum Gasteiger partial charge on any atom is -0.384 e. The smallest absolute Gasteiger partial charge is 0.253 e. The third-order valence-electron chi connectivity index (χ3n) is 3.91. The van der Waals surface area contributed by atoms with E-state index in [0.29, 0.717) is 11.4 Å². The lowest BCUT2D eigenvalue weighted by Crippen LogP contribution is -2.47. The number of amides is 1. The number of aromatic nitrogens is 2. The minimum absolute atomic E-state index is 0.0850. The average Bonchev–Trinajstić information content (AvgIpc) is 2.55. The Labute approximate surface area is 129 Å². The molecule has 1 aliphatic rings. The standard InChI is InChI=1S/C16H19N5O/c1-20-6-8-21(9-7-20)16(22)13-4-2-12(3-5-13)14-10-15(17)19-11-18-14/h2-5,10-11H,6-9H2,1H3,(H2,17,18,19). The zero-order valence-electron chi connectivity index (χ0n) is 12.6. The van der Waals surface area contributed by atoms with Gasteiger partial charge in [-0.2, -0.15) is 0 Å². The molecule has 2 aromatic rings. The Kier molecular flexibility index (Phi) is 4.02. The van der Waals surface area contributed by atoms with Crippen LogP contribution >= 0.6 is 0 Å². The van der Waals surface area contributed by atoms with Crippen LogP contribution in [0.5, 0.6) is 0 Å². The van der Waals surface area contributed by atoms with E-state index in [4.69, 9.17) is 5.73 Å². The number of hydrogen-bond donors (Lipinski definition) is 1. The maximum absolute atomic E-state index is 12.5. The van der Waals surface area contributed by atoms with Crippen LogP contribution in [0.3, 0.4) is 0 Å². The lowest BCUT2D eigenvalue weighted by atomic mass is 10.1. The van der Waals surface area contributed by atoms with Gasteiger partial charge in [-0.1, -0.05) is 12.1 Å². The first-order valence-electron chi connectivity index (χ1n) is 7.29. The van der Waals surface area contributed by atoms with E-state index in [1.807, 2.05) is 29.2 Å². The summed E-state index contributed by atoms with van der Waals surface area (Å²) in [5.74, 6) is 0.518. The van der Waals surface area contributed by atoms with Crippen molar-refractivity contribution in [3.63, 3.8) is 0 Å². The Morgan fingerprint density at radius 2 is 1.77 bits per heavy atom. The Balaban J connectivity index is 1.75. The topological polar surface area (TPSA) is 75.3 Å². The first-order valence-corrected chi connectivity index (χ1v) is 7.29. The third-order valence-corrected chi connectivity index (χ3v) is 3.91. The summed E-state index contributed by atoms with van der Waals surface area (Å²) in [6, 6.07) is 9.19. The fourth-order valence-corrected chi connectivity index (χ4v) is 2.51. The van der Waals surface area contributed by atoms with Crippen molar-refractivity contribution in [3.05, 3.63) is 42.2 Å². The summed E-state index contributed by atoms with van der Waals surface area (Å²) in [5, 5.41) is 0. The van der Waals surface area contributed by atoms with Crippen LogP contribution < -0.4 is 5.73 Å². The Morgan fingerprint density at radius 1 is 1.09 bits per heavy atom. The number of nitrogens with zero attached hydrogens (tertiary/aromatic N) is 4. The van der Waals surface area contributed by atoms with Gasteiger partial charge in [-0.05, 0) is 19.2 Å². The monoisotopic (exact) mass is 297 g/mol. The molecule has 1 saturated heterocycles. The minimum atomic E-state index is 0.0850. The second-order valence-corrected chi connectivity index (χ2v) is 5.50.